The number of piperidine rings is 1. The molecule has 0 spiro atoms. The van der Waals surface area contributed by atoms with E-state index in [4.69, 9.17) is 5.73 Å². The first-order chi connectivity index (χ1) is 7.74. The Morgan fingerprint density at radius 1 is 1.19 bits per heavy atom. The van der Waals surface area contributed by atoms with Gasteiger partial charge >= 0.3 is 0 Å². The van der Waals surface area contributed by atoms with Gasteiger partial charge in [-0.05, 0) is 25.7 Å². The second kappa shape index (κ2) is 5.64. The van der Waals surface area contributed by atoms with Crippen LogP contribution in [0.3, 0.4) is 0 Å². The molecule has 0 aromatic heterocycles. The average molecular weight is 225 g/mol. The predicted octanol–water partition coefficient (Wildman–Crippen LogP) is 0.468. The van der Waals surface area contributed by atoms with Crippen molar-refractivity contribution in [1.29, 1.82) is 0 Å². The summed E-state index contributed by atoms with van der Waals surface area (Å²) < 4.78 is 0. The van der Waals surface area contributed by atoms with E-state index in [0.717, 1.165) is 38.8 Å². The van der Waals surface area contributed by atoms with Crippen LogP contribution in [0.25, 0.3) is 0 Å². The Balaban J connectivity index is 1.66. The normalized spacial score (nSPS) is 24.8. The van der Waals surface area contributed by atoms with Crippen LogP contribution in [0.15, 0.2) is 0 Å². The van der Waals surface area contributed by atoms with Crippen LogP contribution in [0.5, 0.6) is 0 Å². The number of nitrogens with zero attached hydrogens (tertiary/aromatic N) is 1. The third-order valence-corrected chi connectivity index (χ3v) is 3.72. The first-order valence-corrected chi connectivity index (χ1v) is 6.51. The van der Waals surface area contributed by atoms with E-state index in [1.54, 1.807) is 0 Å². The van der Waals surface area contributed by atoms with Gasteiger partial charge in [0.25, 0.3) is 0 Å². The lowest BCUT2D eigenvalue weighted by molar-refractivity contribution is -0.123. The first-order valence-electron chi connectivity index (χ1n) is 6.51. The zero-order valence-corrected chi connectivity index (χ0v) is 9.95. The largest absolute Gasteiger partial charge is 0.352 e. The van der Waals surface area contributed by atoms with Crippen LogP contribution < -0.4 is 11.1 Å². The maximum Gasteiger partial charge on any atom is 0.234 e. The minimum absolute atomic E-state index is 0.197. The van der Waals surface area contributed by atoms with Crippen LogP contribution in [0, 0.1) is 0 Å². The number of hydrogen-bond acceptors (Lipinski definition) is 3. The van der Waals surface area contributed by atoms with Gasteiger partial charge in [0.15, 0.2) is 0 Å². The van der Waals surface area contributed by atoms with Gasteiger partial charge in [0.1, 0.15) is 0 Å². The zero-order valence-electron chi connectivity index (χ0n) is 9.95. The Hall–Kier alpha value is -0.610. The van der Waals surface area contributed by atoms with Gasteiger partial charge in [-0.1, -0.05) is 12.8 Å². The van der Waals surface area contributed by atoms with Crippen molar-refractivity contribution in [2.45, 2.75) is 50.6 Å². The minimum Gasteiger partial charge on any atom is -0.352 e. The maximum absolute atomic E-state index is 11.8. The molecule has 16 heavy (non-hydrogen) atoms. The van der Waals surface area contributed by atoms with Gasteiger partial charge in [-0.25, -0.2) is 0 Å². The molecule has 2 rings (SSSR count). The molecule has 3 N–H and O–H groups in total. The number of hydrogen-bond donors (Lipinski definition) is 2. The molecule has 0 unspecified atom stereocenters. The summed E-state index contributed by atoms with van der Waals surface area (Å²) >= 11 is 0. The molecule has 1 amide bonds. The van der Waals surface area contributed by atoms with Crippen LogP contribution >= 0.6 is 0 Å². The van der Waals surface area contributed by atoms with Gasteiger partial charge in [-0.3, -0.25) is 9.69 Å². The van der Waals surface area contributed by atoms with Crippen molar-refractivity contribution >= 4 is 5.91 Å². The fourth-order valence-corrected chi connectivity index (χ4v) is 2.66. The molecule has 2 fully saturated rings. The Kier molecular flexibility index (Phi) is 4.18. The number of nitrogens with two attached hydrogens (primary N) is 1. The summed E-state index contributed by atoms with van der Waals surface area (Å²) in [5.74, 6) is 0.197. The summed E-state index contributed by atoms with van der Waals surface area (Å²) in [5.41, 5.74) is 5.83. The van der Waals surface area contributed by atoms with E-state index in [2.05, 4.69) is 10.2 Å². The molecule has 92 valence electrons. The highest BCUT2D eigenvalue weighted by Crippen LogP contribution is 2.17. The summed E-state index contributed by atoms with van der Waals surface area (Å²) in [5, 5.41) is 3.13. The maximum atomic E-state index is 11.8. The lowest BCUT2D eigenvalue weighted by Gasteiger charge is -2.29. The Morgan fingerprint density at radius 3 is 2.44 bits per heavy atom. The van der Waals surface area contributed by atoms with Gasteiger partial charge in [-0.15, -0.1) is 0 Å². The molecular formula is C12H23N3O. The van der Waals surface area contributed by atoms with E-state index < -0.39 is 0 Å². The van der Waals surface area contributed by atoms with Crippen molar-refractivity contribution in [3.05, 3.63) is 0 Å². The highest BCUT2D eigenvalue weighted by atomic mass is 16.2. The summed E-state index contributed by atoms with van der Waals surface area (Å²) in [6.45, 7) is 2.50. The summed E-state index contributed by atoms with van der Waals surface area (Å²) in [6, 6.07) is 0.786. The molecule has 1 aliphatic heterocycles. The molecule has 4 heteroatoms. The quantitative estimate of drug-likeness (QED) is 0.734. The standard InChI is InChI=1S/C12H23N3O/c13-10-5-7-15(8-6-10)9-12(16)14-11-3-1-2-4-11/h10-11H,1-9,13H2,(H,14,16). The van der Waals surface area contributed by atoms with Crippen LogP contribution in [-0.4, -0.2) is 42.5 Å². The number of amides is 1. The molecule has 0 aromatic carbocycles. The van der Waals surface area contributed by atoms with Crippen molar-refractivity contribution in [3.63, 3.8) is 0 Å². The molecule has 1 saturated carbocycles. The number of carbonyl (C=O) groups is 1. The molecular weight excluding hydrogens is 202 g/mol. The SMILES string of the molecule is NC1CCN(CC(=O)NC2CCCC2)CC1. The average Bonchev–Trinajstić information content (AvgIpc) is 2.74. The Labute approximate surface area is 97.6 Å². The van der Waals surface area contributed by atoms with Gasteiger partial charge in [-0.2, -0.15) is 0 Å². The highest BCUT2D eigenvalue weighted by Gasteiger charge is 2.21. The molecule has 1 heterocycles. The molecule has 0 aromatic rings. The van der Waals surface area contributed by atoms with E-state index >= 15 is 0 Å². The van der Waals surface area contributed by atoms with Crippen molar-refractivity contribution in [3.8, 4) is 0 Å². The topological polar surface area (TPSA) is 58.4 Å². The fourth-order valence-electron chi connectivity index (χ4n) is 2.66. The molecule has 1 aliphatic carbocycles. The Morgan fingerprint density at radius 2 is 1.81 bits per heavy atom. The molecule has 0 bridgehead atoms. The van der Waals surface area contributed by atoms with Gasteiger partial charge in [0, 0.05) is 25.2 Å². The summed E-state index contributed by atoms with van der Waals surface area (Å²) in [7, 11) is 0. The second-order valence-electron chi connectivity index (χ2n) is 5.16. The predicted molar refractivity (Wildman–Crippen MR) is 64.0 cm³/mol. The lowest BCUT2D eigenvalue weighted by atomic mass is 10.1. The van der Waals surface area contributed by atoms with E-state index in [9.17, 15) is 4.79 Å². The fraction of sp³-hybridized carbons (Fsp3) is 0.917. The minimum atomic E-state index is 0.197. The highest BCUT2D eigenvalue weighted by molar-refractivity contribution is 5.78. The lowest BCUT2D eigenvalue weighted by Crippen LogP contribution is -2.46. The summed E-state index contributed by atoms with van der Waals surface area (Å²) in [4.78, 5) is 14.0. The number of nitrogens with one attached hydrogen (secondary N) is 1. The number of likely N-dealkylation sites (tertiary alicyclic amines) is 1. The van der Waals surface area contributed by atoms with E-state index in [1.165, 1.54) is 12.8 Å². The van der Waals surface area contributed by atoms with Gasteiger partial charge in [0.2, 0.25) is 5.91 Å². The third-order valence-electron chi connectivity index (χ3n) is 3.72. The van der Waals surface area contributed by atoms with Crippen LogP contribution in [0.2, 0.25) is 0 Å². The zero-order chi connectivity index (χ0) is 11.4. The van der Waals surface area contributed by atoms with Crippen LogP contribution in [0.4, 0.5) is 0 Å². The van der Waals surface area contributed by atoms with Crippen LogP contribution in [0.1, 0.15) is 38.5 Å². The number of carbonyl (C=O) groups excluding carboxylic acids is 1. The first kappa shape index (κ1) is 11.9. The Bertz CT molecular complexity index is 230. The van der Waals surface area contributed by atoms with Crippen LogP contribution in [-0.2, 0) is 4.79 Å². The van der Waals surface area contributed by atoms with Gasteiger partial charge < -0.3 is 11.1 Å². The molecule has 0 atom stereocenters. The molecule has 0 radical (unpaired) electrons. The molecule has 2 aliphatic rings. The summed E-state index contributed by atoms with van der Waals surface area (Å²) in [6.07, 6.45) is 6.91. The van der Waals surface area contributed by atoms with E-state index in [0.29, 0.717) is 18.6 Å². The van der Waals surface area contributed by atoms with E-state index in [1.807, 2.05) is 0 Å². The smallest absolute Gasteiger partial charge is 0.234 e. The van der Waals surface area contributed by atoms with Crippen molar-refractivity contribution in [2.75, 3.05) is 19.6 Å². The number of rotatable bonds is 3. The van der Waals surface area contributed by atoms with Crippen molar-refractivity contribution in [1.82, 2.24) is 10.2 Å². The van der Waals surface area contributed by atoms with Crippen molar-refractivity contribution < 1.29 is 4.79 Å². The monoisotopic (exact) mass is 225 g/mol. The third kappa shape index (κ3) is 3.46. The van der Waals surface area contributed by atoms with Crippen molar-refractivity contribution in [2.24, 2.45) is 5.73 Å². The molecule has 4 nitrogen and oxygen atoms in total. The van der Waals surface area contributed by atoms with E-state index in [-0.39, 0.29) is 5.91 Å². The second-order valence-corrected chi connectivity index (χ2v) is 5.16. The molecule has 1 saturated heterocycles. The van der Waals surface area contributed by atoms with Gasteiger partial charge in [0.05, 0.1) is 6.54 Å².